The second-order valence-corrected chi connectivity index (χ2v) is 7.55. The Morgan fingerprint density at radius 3 is 2.21 bits per heavy atom. The number of aliphatic hydroxyl groups is 1. The fourth-order valence-electron chi connectivity index (χ4n) is 3.70. The third-order valence-electron chi connectivity index (χ3n) is 5.06. The number of aliphatic carboxylic acids is 2. The molecule has 0 saturated heterocycles. The Morgan fingerprint density at radius 1 is 1.07 bits per heavy atom. The molecule has 0 saturated carbocycles. The summed E-state index contributed by atoms with van der Waals surface area (Å²) >= 11 is 0. The summed E-state index contributed by atoms with van der Waals surface area (Å²) in [4.78, 5) is 20.5. The first-order valence-electron chi connectivity index (χ1n) is 10.6. The van der Waals surface area contributed by atoms with Gasteiger partial charge >= 0.3 is 5.97 Å². The summed E-state index contributed by atoms with van der Waals surface area (Å²) < 4.78 is 0. The molecule has 1 unspecified atom stereocenters. The standard InChI is InChI=1S/C19H31NO.C4H4O4/c1-3-12-20(13-4-2)15-19(21)18-11-10-16-8-6-5-7-9-17(16)14-18;5-3(6)1-2-4(7)8/h10-11,14,19,21H,3-9,12-13,15H2,1-2H3;1-2H,(H,5,6)(H,7,8)/b;2-1+. The first-order valence-corrected chi connectivity index (χ1v) is 10.6. The minimum atomic E-state index is -1.51. The van der Waals surface area contributed by atoms with Crippen molar-refractivity contribution in [1.29, 1.82) is 0 Å². The zero-order valence-corrected chi connectivity index (χ0v) is 17.7. The molecule has 1 aromatic carbocycles. The molecule has 0 fully saturated rings. The minimum Gasteiger partial charge on any atom is -0.545 e. The normalized spacial score (nSPS) is 14.6. The highest BCUT2D eigenvalue weighted by atomic mass is 16.4. The van der Waals surface area contributed by atoms with Crippen molar-refractivity contribution in [3.63, 3.8) is 0 Å². The van der Waals surface area contributed by atoms with Crippen LogP contribution in [0.25, 0.3) is 0 Å². The van der Waals surface area contributed by atoms with Crippen molar-refractivity contribution in [2.45, 2.75) is 64.9 Å². The lowest BCUT2D eigenvalue weighted by molar-refractivity contribution is -0.904. The smallest absolute Gasteiger partial charge is 0.328 e. The summed E-state index contributed by atoms with van der Waals surface area (Å²) in [5, 5.41) is 27.8. The van der Waals surface area contributed by atoms with Crippen LogP contribution in [0.15, 0.2) is 30.4 Å². The fourth-order valence-corrected chi connectivity index (χ4v) is 3.70. The number of carbonyl (C=O) groups is 2. The van der Waals surface area contributed by atoms with E-state index in [2.05, 4.69) is 32.0 Å². The first kappa shape index (κ1) is 24.9. The zero-order chi connectivity index (χ0) is 21.6. The second kappa shape index (κ2) is 13.9. The second-order valence-electron chi connectivity index (χ2n) is 7.55. The molecule has 0 heterocycles. The van der Waals surface area contributed by atoms with E-state index in [1.54, 1.807) is 0 Å². The lowest BCUT2D eigenvalue weighted by Crippen LogP contribution is -3.12. The highest BCUT2D eigenvalue weighted by Crippen LogP contribution is 2.24. The molecule has 162 valence electrons. The highest BCUT2D eigenvalue weighted by molar-refractivity contribution is 5.88. The van der Waals surface area contributed by atoms with Crippen molar-refractivity contribution >= 4 is 11.9 Å². The quantitative estimate of drug-likeness (QED) is 0.421. The highest BCUT2D eigenvalue weighted by Gasteiger charge is 2.17. The Hall–Kier alpha value is -2.18. The van der Waals surface area contributed by atoms with E-state index in [4.69, 9.17) is 5.11 Å². The number of hydrogen-bond donors (Lipinski definition) is 3. The molecule has 1 aliphatic carbocycles. The summed E-state index contributed by atoms with van der Waals surface area (Å²) in [6.45, 7) is 7.63. The van der Waals surface area contributed by atoms with Crippen LogP contribution in [-0.2, 0) is 22.4 Å². The number of aryl methyl sites for hydroxylation is 2. The molecule has 6 heteroatoms. The number of fused-ring (bicyclic) bond motifs is 1. The van der Waals surface area contributed by atoms with Gasteiger partial charge in [-0.25, -0.2) is 4.79 Å². The van der Waals surface area contributed by atoms with E-state index in [0.717, 1.165) is 25.2 Å². The Bertz CT molecular complexity index is 649. The third-order valence-corrected chi connectivity index (χ3v) is 5.06. The van der Waals surface area contributed by atoms with E-state index in [0.29, 0.717) is 12.2 Å². The fraction of sp³-hybridized carbons (Fsp3) is 0.565. The molecule has 3 N–H and O–H groups in total. The first-order chi connectivity index (χ1) is 13.9. The number of nitrogens with one attached hydrogen (secondary N) is 1. The molecule has 0 aromatic heterocycles. The number of hydrogen-bond acceptors (Lipinski definition) is 4. The van der Waals surface area contributed by atoms with Crippen molar-refractivity contribution in [3.05, 3.63) is 47.0 Å². The monoisotopic (exact) mass is 405 g/mol. The van der Waals surface area contributed by atoms with E-state index >= 15 is 0 Å². The van der Waals surface area contributed by atoms with E-state index < -0.39 is 11.9 Å². The lowest BCUT2D eigenvalue weighted by atomic mass is 9.97. The van der Waals surface area contributed by atoms with Crippen molar-refractivity contribution in [1.82, 2.24) is 0 Å². The van der Waals surface area contributed by atoms with Crippen molar-refractivity contribution in [2.75, 3.05) is 19.6 Å². The van der Waals surface area contributed by atoms with Crippen LogP contribution < -0.4 is 10.0 Å². The molecule has 2 rings (SSSR count). The molecule has 0 amide bonds. The van der Waals surface area contributed by atoms with Crippen LogP contribution in [0.4, 0.5) is 0 Å². The average molecular weight is 406 g/mol. The maximum absolute atomic E-state index is 10.6. The molecular formula is C23H35NO5. The Morgan fingerprint density at radius 2 is 1.69 bits per heavy atom. The zero-order valence-electron chi connectivity index (χ0n) is 17.7. The Balaban J connectivity index is 0.000000447. The maximum Gasteiger partial charge on any atom is 0.328 e. The molecule has 1 aliphatic rings. The van der Waals surface area contributed by atoms with Gasteiger partial charge in [0.25, 0.3) is 0 Å². The summed E-state index contributed by atoms with van der Waals surface area (Å²) in [6, 6.07) is 6.70. The molecule has 0 spiro atoms. The van der Waals surface area contributed by atoms with E-state index in [1.807, 2.05) is 0 Å². The number of carboxylic acid groups (broad SMARTS) is 2. The number of carbonyl (C=O) groups excluding carboxylic acids is 1. The third kappa shape index (κ3) is 10.2. The summed E-state index contributed by atoms with van der Waals surface area (Å²) in [6.07, 6.45) is 9.38. The Labute approximate surface area is 173 Å². The van der Waals surface area contributed by atoms with Gasteiger partial charge in [0.15, 0.2) is 0 Å². The summed E-state index contributed by atoms with van der Waals surface area (Å²) in [5.41, 5.74) is 4.12. The van der Waals surface area contributed by atoms with Gasteiger partial charge in [-0.3, -0.25) is 0 Å². The molecule has 6 nitrogen and oxygen atoms in total. The van der Waals surface area contributed by atoms with Gasteiger partial charge in [0, 0.05) is 6.08 Å². The summed E-state index contributed by atoms with van der Waals surface area (Å²) in [7, 11) is 0. The average Bonchev–Trinajstić information content (AvgIpc) is 2.92. The topological polar surface area (TPSA) is 102 Å². The van der Waals surface area contributed by atoms with Crippen LogP contribution in [-0.4, -0.2) is 41.8 Å². The van der Waals surface area contributed by atoms with Crippen LogP contribution in [0.1, 0.15) is 68.7 Å². The van der Waals surface area contributed by atoms with Crippen molar-refractivity contribution in [2.24, 2.45) is 0 Å². The van der Waals surface area contributed by atoms with Gasteiger partial charge in [0.2, 0.25) is 0 Å². The van der Waals surface area contributed by atoms with Crippen LogP contribution in [0.2, 0.25) is 0 Å². The number of aliphatic hydroxyl groups excluding tert-OH is 1. The van der Waals surface area contributed by atoms with Gasteiger partial charge in [0.05, 0.1) is 19.1 Å². The lowest BCUT2D eigenvalue weighted by Gasteiger charge is -2.22. The number of benzene rings is 1. The molecule has 0 radical (unpaired) electrons. The predicted octanol–water partition coefficient (Wildman–Crippen LogP) is 1.07. The van der Waals surface area contributed by atoms with Gasteiger partial charge in [-0.1, -0.05) is 38.5 Å². The molecule has 1 aromatic rings. The van der Waals surface area contributed by atoms with Gasteiger partial charge < -0.3 is 25.0 Å². The number of carboxylic acids is 2. The van der Waals surface area contributed by atoms with Crippen LogP contribution >= 0.6 is 0 Å². The SMILES string of the molecule is CCC[NH+](CCC)CC(O)c1ccc2c(c1)CCCCC2.O=C([O-])/C=C/C(=O)O. The molecule has 0 bridgehead atoms. The largest absolute Gasteiger partial charge is 0.545 e. The maximum atomic E-state index is 10.6. The van der Waals surface area contributed by atoms with Crippen molar-refractivity contribution in [3.8, 4) is 0 Å². The summed E-state index contributed by atoms with van der Waals surface area (Å²) in [5.74, 6) is -2.80. The van der Waals surface area contributed by atoms with Gasteiger partial charge in [0.1, 0.15) is 12.6 Å². The number of quaternary nitrogens is 1. The van der Waals surface area contributed by atoms with Gasteiger partial charge in [-0.05, 0) is 61.3 Å². The predicted molar refractivity (Wildman–Crippen MR) is 111 cm³/mol. The van der Waals surface area contributed by atoms with Gasteiger partial charge in [-0.15, -0.1) is 0 Å². The van der Waals surface area contributed by atoms with E-state index in [9.17, 15) is 19.8 Å². The van der Waals surface area contributed by atoms with Crippen molar-refractivity contribution < 1.29 is 29.8 Å². The van der Waals surface area contributed by atoms with Crippen LogP contribution in [0.5, 0.6) is 0 Å². The molecule has 1 atom stereocenters. The molecule has 0 aliphatic heterocycles. The van der Waals surface area contributed by atoms with Crippen LogP contribution in [0, 0.1) is 0 Å². The van der Waals surface area contributed by atoms with Gasteiger partial charge in [-0.2, -0.15) is 0 Å². The Kier molecular flexibility index (Phi) is 11.9. The van der Waals surface area contributed by atoms with Crippen LogP contribution in [0.3, 0.4) is 0 Å². The minimum absolute atomic E-state index is 0.313. The van der Waals surface area contributed by atoms with E-state index in [-0.39, 0.29) is 6.10 Å². The molecular weight excluding hydrogens is 370 g/mol. The van der Waals surface area contributed by atoms with E-state index in [1.165, 1.54) is 61.0 Å². The molecule has 29 heavy (non-hydrogen) atoms. The number of rotatable bonds is 9.